The van der Waals surface area contributed by atoms with E-state index in [4.69, 9.17) is 0 Å². The van der Waals surface area contributed by atoms with E-state index in [1.807, 2.05) is 13.8 Å². The first-order valence-electron chi connectivity index (χ1n) is 7.09. The highest BCUT2D eigenvalue weighted by molar-refractivity contribution is 5.94. The van der Waals surface area contributed by atoms with E-state index in [9.17, 15) is 9.59 Å². The fraction of sp³-hybridized carbons (Fsp3) is 0.333. The van der Waals surface area contributed by atoms with Gasteiger partial charge in [-0.15, -0.1) is 0 Å². The molecule has 0 aliphatic rings. The first kappa shape index (κ1) is 15.7. The summed E-state index contributed by atoms with van der Waals surface area (Å²) < 4.78 is 1.61. The van der Waals surface area contributed by atoms with E-state index in [0.29, 0.717) is 18.7 Å². The molecule has 2 aromatic rings. The summed E-state index contributed by atoms with van der Waals surface area (Å²) in [4.78, 5) is 27.2. The van der Waals surface area contributed by atoms with Crippen LogP contribution >= 0.6 is 0 Å². The van der Waals surface area contributed by atoms with Crippen molar-refractivity contribution in [2.75, 3.05) is 13.1 Å². The van der Waals surface area contributed by atoms with Crippen LogP contribution in [-0.4, -0.2) is 39.7 Å². The highest BCUT2D eigenvalue weighted by atomic mass is 16.2. The van der Waals surface area contributed by atoms with Gasteiger partial charge in [0.15, 0.2) is 0 Å². The second kappa shape index (κ2) is 7.35. The van der Waals surface area contributed by atoms with Gasteiger partial charge in [0.2, 0.25) is 5.91 Å². The number of hydrogen-bond donors (Lipinski definition) is 2. The van der Waals surface area contributed by atoms with E-state index in [2.05, 4.69) is 20.7 Å². The van der Waals surface area contributed by atoms with Crippen LogP contribution in [0.2, 0.25) is 0 Å². The summed E-state index contributed by atoms with van der Waals surface area (Å²) in [5.74, 6) is -0.254. The fourth-order valence-electron chi connectivity index (χ4n) is 1.78. The summed E-state index contributed by atoms with van der Waals surface area (Å²) in [6, 6.07) is 7.03. The standard InChI is InChI=1S/C15H19N5O2/c1-11(2)14(21)17-7-8-18-15(22)12-3-5-13(6-4-12)20-10-16-9-19-20/h3-6,9-11H,7-8H2,1-2H3,(H,17,21)(H,18,22). The molecule has 0 saturated carbocycles. The van der Waals surface area contributed by atoms with Crippen molar-refractivity contribution in [3.63, 3.8) is 0 Å². The van der Waals surface area contributed by atoms with Crippen LogP contribution in [-0.2, 0) is 4.79 Å². The van der Waals surface area contributed by atoms with E-state index in [1.54, 1.807) is 35.3 Å². The first-order valence-corrected chi connectivity index (χ1v) is 7.09. The lowest BCUT2D eigenvalue weighted by Crippen LogP contribution is -2.36. The Bertz CT molecular complexity index is 620. The highest BCUT2D eigenvalue weighted by Gasteiger charge is 2.07. The number of carbonyl (C=O) groups is 2. The topological polar surface area (TPSA) is 88.9 Å². The van der Waals surface area contributed by atoms with Gasteiger partial charge in [0.25, 0.3) is 5.91 Å². The Morgan fingerprint density at radius 1 is 1.14 bits per heavy atom. The van der Waals surface area contributed by atoms with Crippen LogP contribution < -0.4 is 10.6 Å². The lowest BCUT2D eigenvalue weighted by Gasteiger charge is -2.09. The van der Waals surface area contributed by atoms with Crippen molar-refractivity contribution in [2.24, 2.45) is 5.92 Å². The minimum absolute atomic E-state index is 0.0218. The smallest absolute Gasteiger partial charge is 0.251 e. The molecule has 116 valence electrons. The first-order chi connectivity index (χ1) is 10.6. The molecule has 7 nitrogen and oxygen atoms in total. The molecule has 0 unspecified atom stereocenters. The summed E-state index contributed by atoms with van der Waals surface area (Å²) >= 11 is 0. The molecule has 1 heterocycles. The van der Waals surface area contributed by atoms with Gasteiger partial charge in [-0.25, -0.2) is 9.67 Å². The zero-order valence-electron chi connectivity index (χ0n) is 12.6. The molecule has 1 aromatic carbocycles. The summed E-state index contributed by atoms with van der Waals surface area (Å²) in [7, 11) is 0. The molecular formula is C15H19N5O2. The summed E-state index contributed by atoms with van der Waals surface area (Å²) in [6.07, 6.45) is 3.04. The van der Waals surface area contributed by atoms with Crippen molar-refractivity contribution >= 4 is 11.8 Å². The number of nitrogens with one attached hydrogen (secondary N) is 2. The molecule has 0 aliphatic heterocycles. The van der Waals surface area contributed by atoms with Crippen molar-refractivity contribution in [3.8, 4) is 5.69 Å². The Kier molecular flexibility index (Phi) is 5.24. The third-order valence-corrected chi connectivity index (χ3v) is 3.05. The van der Waals surface area contributed by atoms with Crippen LogP contribution in [0.4, 0.5) is 0 Å². The van der Waals surface area contributed by atoms with Crippen LogP contribution in [0.3, 0.4) is 0 Å². The molecule has 0 saturated heterocycles. The number of aromatic nitrogens is 3. The van der Waals surface area contributed by atoms with Gasteiger partial charge in [-0.2, -0.15) is 5.10 Å². The van der Waals surface area contributed by atoms with Crippen molar-refractivity contribution < 1.29 is 9.59 Å². The Morgan fingerprint density at radius 3 is 2.41 bits per heavy atom. The van der Waals surface area contributed by atoms with Crippen molar-refractivity contribution in [1.29, 1.82) is 0 Å². The van der Waals surface area contributed by atoms with E-state index in [1.165, 1.54) is 6.33 Å². The van der Waals surface area contributed by atoms with Crippen LogP contribution in [0, 0.1) is 5.92 Å². The van der Waals surface area contributed by atoms with Gasteiger partial charge in [0.1, 0.15) is 12.7 Å². The minimum atomic E-state index is -0.177. The quantitative estimate of drug-likeness (QED) is 0.771. The molecule has 2 amide bonds. The van der Waals surface area contributed by atoms with Gasteiger partial charge in [0, 0.05) is 24.6 Å². The van der Waals surface area contributed by atoms with Crippen LogP contribution in [0.5, 0.6) is 0 Å². The van der Waals surface area contributed by atoms with Gasteiger partial charge >= 0.3 is 0 Å². The molecule has 0 atom stereocenters. The molecule has 2 N–H and O–H groups in total. The Balaban J connectivity index is 1.82. The molecule has 2 rings (SSSR count). The average Bonchev–Trinajstić information content (AvgIpc) is 3.05. The molecule has 0 fully saturated rings. The average molecular weight is 301 g/mol. The Hall–Kier alpha value is -2.70. The molecule has 1 aromatic heterocycles. The number of benzene rings is 1. The van der Waals surface area contributed by atoms with Crippen LogP contribution in [0.25, 0.3) is 5.69 Å². The molecule has 7 heteroatoms. The van der Waals surface area contributed by atoms with E-state index in [0.717, 1.165) is 5.69 Å². The van der Waals surface area contributed by atoms with Gasteiger partial charge in [-0.3, -0.25) is 9.59 Å². The fourth-order valence-corrected chi connectivity index (χ4v) is 1.78. The number of nitrogens with zero attached hydrogens (tertiary/aromatic N) is 3. The van der Waals surface area contributed by atoms with Crippen molar-refractivity contribution in [3.05, 3.63) is 42.5 Å². The predicted octanol–water partition coefficient (Wildman–Crippen LogP) is 0.769. The summed E-state index contributed by atoms with van der Waals surface area (Å²) in [5.41, 5.74) is 1.39. The third-order valence-electron chi connectivity index (χ3n) is 3.05. The van der Waals surface area contributed by atoms with Crippen LogP contribution in [0.1, 0.15) is 24.2 Å². The highest BCUT2D eigenvalue weighted by Crippen LogP contribution is 2.07. The maximum absolute atomic E-state index is 12.0. The zero-order valence-corrected chi connectivity index (χ0v) is 12.6. The molecule has 22 heavy (non-hydrogen) atoms. The van der Waals surface area contributed by atoms with Gasteiger partial charge in [0.05, 0.1) is 5.69 Å². The minimum Gasteiger partial charge on any atom is -0.354 e. The van der Waals surface area contributed by atoms with E-state index < -0.39 is 0 Å². The molecule has 0 radical (unpaired) electrons. The Labute approximate surface area is 128 Å². The van der Waals surface area contributed by atoms with Gasteiger partial charge in [-0.05, 0) is 24.3 Å². The molecular weight excluding hydrogens is 282 g/mol. The summed E-state index contributed by atoms with van der Waals surface area (Å²) in [6.45, 7) is 4.46. The number of amides is 2. The van der Waals surface area contributed by atoms with E-state index in [-0.39, 0.29) is 17.7 Å². The normalized spacial score (nSPS) is 10.5. The number of carbonyl (C=O) groups excluding carboxylic acids is 2. The summed E-state index contributed by atoms with van der Waals surface area (Å²) in [5, 5.41) is 9.52. The maximum atomic E-state index is 12.0. The monoisotopic (exact) mass is 301 g/mol. The largest absolute Gasteiger partial charge is 0.354 e. The third kappa shape index (κ3) is 4.15. The lowest BCUT2D eigenvalue weighted by molar-refractivity contribution is -0.123. The second-order valence-corrected chi connectivity index (χ2v) is 5.09. The van der Waals surface area contributed by atoms with E-state index >= 15 is 0 Å². The second-order valence-electron chi connectivity index (χ2n) is 5.09. The Morgan fingerprint density at radius 2 is 1.82 bits per heavy atom. The molecule has 0 aliphatic carbocycles. The van der Waals surface area contributed by atoms with Crippen LogP contribution in [0.15, 0.2) is 36.9 Å². The number of rotatable bonds is 6. The molecule has 0 bridgehead atoms. The zero-order chi connectivity index (χ0) is 15.9. The molecule has 0 spiro atoms. The van der Waals surface area contributed by atoms with Gasteiger partial charge in [-0.1, -0.05) is 13.8 Å². The maximum Gasteiger partial charge on any atom is 0.251 e. The van der Waals surface area contributed by atoms with Crippen molar-refractivity contribution in [2.45, 2.75) is 13.8 Å². The predicted molar refractivity (Wildman–Crippen MR) is 81.5 cm³/mol. The number of hydrogen-bond acceptors (Lipinski definition) is 4. The van der Waals surface area contributed by atoms with Gasteiger partial charge < -0.3 is 10.6 Å². The SMILES string of the molecule is CC(C)C(=O)NCCNC(=O)c1ccc(-n2cncn2)cc1. The van der Waals surface area contributed by atoms with Crippen molar-refractivity contribution in [1.82, 2.24) is 25.4 Å². The lowest BCUT2D eigenvalue weighted by atomic mass is 10.2.